The molecule has 0 saturated heterocycles. The topological polar surface area (TPSA) is 66.8 Å². The SMILES string of the molecule is CC(C)C1(OP(=O)(O)O)CCCCC1. The van der Waals surface area contributed by atoms with Crippen LogP contribution in [0.25, 0.3) is 0 Å². The smallest absolute Gasteiger partial charge is 0.303 e. The predicted octanol–water partition coefficient (Wildman–Crippen LogP) is 2.45. The lowest BCUT2D eigenvalue weighted by molar-refractivity contribution is -0.0336. The van der Waals surface area contributed by atoms with Gasteiger partial charge in [-0.05, 0) is 18.8 Å². The molecule has 84 valence electrons. The molecule has 0 aromatic rings. The molecule has 0 amide bonds. The van der Waals surface area contributed by atoms with Crippen molar-refractivity contribution in [3.63, 3.8) is 0 Å². The molecule has 1 fully saturated rings. The minimum Gasteiger partial charge on any atom is -0.303 e. The number of phosphoric acid groups is 1. The van der Waals surface area contributed by atoms with E-state index in [0.29, 0.717) is 0 Å². The normalized spacial score (nSPS) is 22.6. The van der Waals surface area contributed by atoms with Gasteiger partial charge in [0.2, 0.25) is 0 Å². The molecule has 5 heteroatoms. The first-order chi connectivity index (χ1) is 6.36. The van der Waals surface area contributed by atoms with E-state index in [4.69, 9.17) is 14.3 Å². The van der Waals surface area contributed by atoms with Gasteiger partial charge in [-0.15, -0.1) is 0 Å². The van der Waals surface area contributed by atoms with Crippen LogP contribution >= 0.6 is 7.82 Å². The molecule has 4 nitrogen and oxygen atoms in total. The molecule has 0 aromatic carbocycles. The Morgan fingerprint density at radius 3 is 2.07 bits per heavy atom. The summed E-state index contributed by atoms with van der Waals surface area (Å²) in [5, 5.41) is 0. The van der Waals surface area contributed by atoms with Gasteiger partial charge in [0.05, 0.1) is 5.60 Å². The van der Waals surface area contributed by atoms with E-state index in [1.807, 2.05) is 13.8 Å². The molecule has 1 aliphatic carbocycles. The Hall–Kier alpha value is 0.110. The number of rotatable bonds is 3. The fourth-order valence-electron chi connectivity index (χ4n) is 2.16. The molecule has 1 rings (SSSR count). The second-order valence-corrected chi connectivity index (χ2v) is 5.53. The average molecular weight is 222 g/mol. The van der Waals surface area contributed by atoms with Crippen molar-refractivity contribution in [2.24, 2.45) is 5.92 Å². The van der Waals surface area contributed by atoms with E-state index in [1.54, 1.807) is 0 Å². The Morgan fingerprint density at radius 1 is 1.21 bits per heavy atom. The Labute approximate surface area is 84.9 Å². The van der Waals surface area contributed by atoms with Crippen molar-refractivity contribution >= 4 is 7.82 Å². The van der Waals surface area contributed by atoms with Gasteiger partial charge in [-0.1, -0.05) is 33.1 Å². The molecular weight excluding hydrogens is 203 g/mol. The van der Waals surface area contributed by atoms with Crippen molar-refractivity contribution in [3.8, 4) is 0 Å². The van der Waals surface area contributed by atoms with E-state index in [-0.39, 0.29) is 5.92 Å². The maximum Gasteiger partial charge on any atom is 0.470 e. The van der Waals surface area contributed by atoms with Gasteiger partial charge in [0.1, 0.15) is 0 Å². The lowest BCUT2D eigenvalue weighted by Crippen LogP contribution is -2.39. The van der Waals surface area contributed by atoms with Gasteiger partial charge in [0.15, 0.2) is 0 Å². The van der Waals surface area contributed by atoms with E-state index < -0.39 is 13.4 Å². The summed E-state index contributed by atoms with van der Waals surface area (Å²) >= 11 is 0. The minimum atomic E-state index is -4.35. The average Bonchev–Trinajstić information content (AvgIpc) is 2.02. The highest BCUT2D eigenvalue weighted by atomic mass is 31.2. The molecule has 0 aliphatic heterocycles. The van der Waals surface area contributed by atoms with Crippen LogP contribution in [0.15, 0.2) is 0 Å². The third-order valence-electron chi connectivity index (χ3n) is 3.05. The molecule has 2 N–H and O–H groups in total. The molecule has 1 saturated carbocycles. The van der Waals surface area contributed by atoms with Crippen molar-refractivity contribution in [1.82, 2.24) is 0 Å². The fraction of sp³-hybridized carbons (Fsp3) is 1.00. The van der Waals surface area contributed by atoms with Crippen molar-refractivity contribution in [1.29, 1.82) is 0 Å². The molecule has 0 spiro atoms. The van der Waals surface area contributed by atoms with Gasteiger partial charge >= 0.3 is 7.82 Å². The number of hydrogen-bond acceptors (Lipinski definition) is 2. The van der Waals surface area contributed by atoms with Gasteiger partial charge in [-0.3, -0.25) is 4.52 Å². The van der Waals surface area contributed by atoms with E-state index in [0.717, 1.165) is 32.1 Å². The summed E-state index contributed by atoms with van der Waals surface area (Å²) in [5.41, 5.74) is -0.600. The second-order valence-electron chi connectivity index (χ2n) is 4.36. The van der Waals surface area contributed by atoms with Gasteiger partial charge in [0.25, 0.3) is 0 Å². The minimum absolute atomic E-state index is 0.149. The van der Waals surface area contributed by atoms with E-state index in [2.05, 4.69) is 0 Å². The standard InChI is InChI=1S/C9H19O4P/c1-8(2)9(13-14(10,11)12)6-4-3-5-7-9/h8H,3-7H2,1-2H3,(H2,10,11,12). The van der Waals surface area contributed by atoms with E-state index in [9.17, 15) is 4.57 Å². The summed E-state index contributed by atoms with van der Waals surface area (Å²) in [6.07, 6.45) is 4.65. The van der Waals surface area contributed by atoms with E-state index >= 15 is 0 Å². The highest BCUT2D eigenvalue weighted by Crippen LogP contribution is 2.49. The Kier molecular flexibility index (Phi) is 3.75. The third-order valence-corrected chi connectivity index (χ3v) is 3.65. The molecule has 14 heavy (non-hydrogen) atoms. The maximum atomic E-state index is 10.9. The summed E-state index contributed by atoms with van der Waals surface area (Å²) in [5.74, 6) is 0.149. The van der Waals surface area contributed by atoms with Crippen molar-refractivity contribution in [2.45, 2.75) is 51.6 Å². The van der Waals surface area contributed by atoms with Crippen LogP contribution in [0.1, 0.15) is 46.0 Å². The second kappa shape index (κ2) is 4.31. The van der Waals surface area contributed by atoms with Crippen LogP contribution in [0, 0.1) is 5.92 Å². The van der Waals surface area contributed by atoms with Crippen LogP contribution in [-0.4, -0.2) is 15.4 Å². The molecule has 0 bridgehead atoms. The Bertz CT molecular complexity index is 227. The zero-order valence-corrected chi connectivity index (χ0v) is 9.67. The number of hydrogen-bond donors (Lipinski definition) is 2. The predicted molar refractivity (Wildman–Crippen MR) is 53.8 cm³/mol. The van der Waals surface area contributed by atoms with Gasteiger partial charge in [0, 0.05) is 0 Å². The van der Waals surface area contributed by atoms with Gasteiger partial charge < -0.3 is 9.79 Å². The Balaban J connectivity index is 2.76. The summed E-state index contributed by atoms with van der Waals surface area (Å²) in [6, 6.07) is 0. The van der Waals surface area contributed by atoms with E-state index in [1.165, 1.54) is 0 Å². The summed E-state index contributed by atoms with van der Waals surface area (Å²) in [4.78, 5) is 17.7. The molecule has 0 heterocycles. The van der Waals surface area contributed by atoms with Crippen LogP contribution in [0.5, 0.6) is 0 Å². The molecule has 0 aromatic heterocycles. The molecular formula is C9H19O4P. The van der Waals surface area contributed by atoms with Gasteiger partial charge in [-0.25, -0.2) is 4.57 Å². The molecule has 1 aliphatic rings. The first-order valence-electron chi connectivity index (χ1n) is 5.12. The zero-order chi connectivity index (χ0) is 10.8. The highest BCUT2D eigenvalue weighted by Gasteiger charge is 2.41. The summed E-state index contributed by atoms with van der Waals surface area (Å²) < 4.78 is 15.9. The van der Waals surface area contributed by atoms with Crippen LogP contribution in [-0.2, 0) is 9.09 Å². The third kappa shape index (κ3) is 3.06. The monoisotopic (exact) mass is 222 g/mol. The van der Waals surface area contributed by atoms with Crippen LogP contribution in [0.2, 0.25) is 0 Å². The quantitative estimate of drug-likeness (QED) is 0.720. The lowest BCUT2D eigenvalue weighted by Gasteiger charge is -2.40. The van der Waals surface area contributed by atoms with Crippen LogP contribution in [0.4, 0.5) is 0 Å². The highest BCUT2D eigenvalue weighted by molar-refractivity contribution is 7.46. The molecule has 0 radical (unpaired) electrons. The Morgan fingerprint density at radius 2 is 1.71 bits per heavy atom. The van der Waals surface area contributed by atoms with Crippen molar-refractivity contribution in [2.75, 3.05) is 0 Å². The van der Waals surface area contributed by atoms with Crippen molar-refractivity contribution in [3.05, 3.63) is 0 Å². The lowest BCUT2D eigenvalue weighted by atomic mass is 9.77. The largest absolute Gasteiger partial charge is 0.470 e. The number of phosphoric ester groups is 1. The van der Waals surface area contributed by atoms with Gasteiger partial charge in [-0.2, -0.15) is 0 Å². The molecule has 0 unspecified atom stereocenters. The molecule has 0 atom stereocenters. The summed E-state index contributed by atoms with van der Waals surface area (Å²) in [6.45, 7) is 3.92. The first kappa shape index (κ1) is 12.2. The summed E-state index contributed by atoms with van der Waals surface area (Å²) in [7, 11) is -4.35. The fourth-order valence-corrected chi connectivity index (χ4v) is 3.03. The van der Waals surface area contributed by atoms with Crippen LogP contribution in [0.3, 0.4) is 0 Å². The zero-order valence-electron chi connectivity index (χ0n) is 8.77. The van der Waals surface area contributed by atoms with Crippen LogP contribution < -0.4 is 0 Å². The first-order valence-corrected chi connectivity index (χ1v) is 6.65. The maximum absolute atomic E-state index is 10.9. The van der Waals surface area contributed by atoms with Crippen molar-refractivity contribution < 1.29 is 18.9 Å².